The van der Waals surface area contributed by atoms with Crippen molar-refractivity contribution in [2.75, 3.05) is 13.2 Å². The van der Waals surface area contributed by atoms with Crippen molar-refractivity contribution >= 4 is 28.8 Å². The standard InChI is InChI=1S/C11H14ClNO2S/c12-10-4-3-9(16-10)11(14)13-6-5-8-2-1-7-15-8/h3-4,8H,1-2,5-7H2,(H,13,14). The van der Waals surface area contributed by atoms with Gasteiger partial charge in [-0.25, -0.2) is 0 Å². The first-order valence-corrected chi connectivity index (χ1v) is 6.60. The molecular weight excluding hydrogens is 246 g/mol. The van der Waals surface area contributed by atoms with Crippen LogP contribution in [0.2, 0.25) is 4.34 Å². The molecular formula is C11H14ClNO2S. The minimum absolute atomic E-state index is 0.0464. The molecule has 0 aliphatic carbocycles. The molecule has 1 N–H and O–H groups in total. The van der Waals surface area contributed by atoms with Crippen molar-refractivity contribution in [1.29, 1.82) is 0 Å². The number of carbonyl (C=O) groups is 1. The summed E-state index contributed by atoms with van der Waals surface area (Å²) in [4.78, 5) is 12.3. The van der Waals surface area contributed by atoms with Gasteiger partial charge in [0.05, 0.1) is 15.3 Å². The Balaban J connectivity index is 1.71. The zero-order valence-electron chi connectivity index (χ0n) is 8.87. The zero-order valence-corrected chi connectivity index (χ0v) is 10.4. The summed E-state index contributed by atoms with van der Waals surface area (Å²) in [6.45, 7) is 1.53. The Bertz CT molecular complexity index is 361. The Morgan fingerprint density at radius 3 is 3.12 bits per heavy atom. The number of ether oxygens (including phenoxy) is 1. The monoisotopic (exact) mass is 259 g/mol. The number of carbonyl (C=O) groups excluding carboxylic acids is 1. The topological polar surface area (TPSA) is 38.3 Å². The van der Waals surface area contributed by atoms with E-state index in [0.717, 1.165) is 25.9 Å². The van der Waals surface area contributed by atoms with Crippen LogP contribution in [-0.4, -0.2) is 25.2 Å². The molecule has 1 amide bonds. The molecule has 3 nitrogen and oxygen atoms in total. The Hall–Kier alpha value is -0.580. The molecule has 0 radical (unpaired) electrons. The van der Waals surface area contributed by atoms with E-state index in [2.05, 4.69) is 5.32 Å². The Morgan fingerprint density at radius 2 is 2.50 bits per heavy atom. The van der Waals surface area contributed by atoms with Gasteiger partial charge in [-0.05, 0) is 31.4 Å². The molecule has 1 atom stereocenters. The molecule has 1 aliphatic rings. The fraction of sp³-hybridized carbons (Fsp3) is 0.545. The van der Waals surface area contributed by atoms with E-state index in [9.17, 15) is 4.79 Å². The van der Waals surface area contributed by atoms with Crippen molar-refractivity contribution in [3.8, 4) is 0 Å². The fourth-order valence-electron chi connectivity index (χ4n) is 1.74. The van der Waals surface area contributed by atoms with Gasteiger partial charge in [0.2, 0.25) is 0 Å². The average molecular weight is 260 g/mol. The van der Waals surface area contributed by atoms with Crippen molar-refractivity contribution in [3.05, 3.63) is 21.3 Å². The fourth-order valence-corrected chi connectivity index (χ4v) is 2.70. The molecule has 0 spiro atoms. The second-order valence-corrected chi connectivity index (χ2v) is 5.50. The summed E-state index contributed by atoms with van der Waals surface area (Å²) in [5, 5.41) is 2.87. The van der Waals surface area contributed by atoms with Crippen LogP contribution in [0, 0.1) is 0 Å². The predicted octanol–water partition coefficient (Wildman–Crippen LogP) is 2.70. The molecule has 2 rings (SSSR count). The summed E-state index contributed by atoms with van der Waals surface area (Å²) in [7, 11) is 0. The van der Waals surface area contributed by atoms with Crippen LogP contribution >= 0.6 is 22.9 Å². The maximum Gasteiger partial charge on any atom is 0.261 e. The molecule has 0 saturated carbocycles. The van der Waals surface area contributed by atoms with Crippen LogP contribution in [-0.2, 0) is 4.74 Å². The van der Waals surface area contributed by atoms with Crippen LogP contribution in [0.3, 0.4) is 0 Å². The maximum absolute atomic E-state index is 11.6. The van der Waals surface area contributed by atoms with E-state index >= 15 is 0 Å². The number of hydrogen-bond acceptors (Lipinski definition) is 3. The number of rotatable bonds is 4. The van der Waals surface area contributed by atoms with E-state index in [1.54, 1.807) is 12.1 Å². The maximum atomic E-state index is 11.6. The van der Waals surface area contributed by atoms with Gasteiger partial charge in [-0.2, -0.15) is 0 Å². The van der Waals surface area contributed by atoms with Gasteiger partial charge >= 0.3 is 0 Å². The molecule has 5 heteroatoms. The van der Waals surface area contributed by atoms with Crippen LogP contribution in [0.25, 0.3) is 0 Å². The van der Waals surface area contributed by atoms with Gasteiger partial charge in [-0.3, -0.25) is 4.79 Å². The normalized spacial score (nSPS) is 19.9. The third-order valence-corrected chi connectivity index (χ3v) is 3.80. The lowest BCUT2D eigenvalue weighted by Crippen LogP contribution is -2.26. The second-order valence-electron chi connectivity index (χ2n) is 3.78. The summed E-state index contributed by atoms with van der Waals surface area (Å²) in [6.07, 6.45) is 3.47. The van der Waals surface area contributed by atoms with E-state index in [1.165, 1.54) is 11.3 Å². The van der Waals surface area contributed by atoms with Gasteiger partial charge < -0.3 is 10.1 Å². The molecule has 0 bridgehead atoms. The molecule has 2 heterocycles. The van der Waals surface area contributed by atoms with E-state index in [0.29, 0.717) is 21.9 Å². The summed E-state index contributed by atoms with van der Waals surface area (Å²) in [5.74, 6) is -0.0464. The number of amides is 1. The Labute approximate surface area is 104 Å². The smallest absolute Gasteiger partial charge is 0.261 e. The first-order valence-electron chi connectivity index (χ1n) is 5.41. The van der Waals surface area contributed by atoms with Gasteiger partial charge in [0.1, 0.15) is 0 Å². The largest absolute Gasteiger partial charge is 0.378 e. The third-order valence-electron chi connectivity index (χ3n) is 2.57. The van der Waals surface area contributed by atoms with Crippen molar-refractivity contribution < 1.29 is 9.53 Å². The van der Waals surface area contributed by atoms with E-state index in [1.807, 2.05) is 0 Å². The number of halogens is 1. The number of hydrogen-bond donors (Lipinski definition) is 1. The van der Waals surface area contributed by atoms with Gasteiger partial charge in [0.25, 0.3) is 5.91 Å². The van der Waals surface area contributed by atoms with Crippen molar-refractivity contribution in [1.82, 2.24) is 5.32 Å². The van der Waals surface area contributed by atoms with Gasteiger partial charge in [-0.1, -0.05) is 11.6 Å². The summed E-state index contributed by atoms with van der Waals surface area (Å²) in [5.41, 5.74) is 0. The molecule has 1 unspecified atom stereocenters. The first-order chi connectivity index (χ1) is 7.75. The Morgan fingerprint density at radius 1 is 1.62 bits per heavy atom. The van der Waals surface area contributed by atoms with Crippen LogP contribution in [0.15, 0.2) is 12.1 Å². The lowest BCUT2D eigenvalue weighted by molar-refractivity contribution is 0.0910. The lowest BCUT2D eigenvalue weighted by Gasteiger charge is -2.09. The zero-order chi connectivity index (χ0) is 11.4. The summed E-state index contributed by atoms with van der Waals surface area (Å²) >= 11 is 7.06. The second kappa shape index (κ2) is 5.66. The van der Waals surface area contributed by atoms with Crippen molar-refractivity contribution in [3.63, 3.8) is 0 Å². The minimum atomic E-state index is -0.0464. The van der Waals surface area contributed by atoms with E-state index in [4.69, 9.17) is 16.3 Å². The molecule has 1 fully saturated rings. The quantitative estimate of drug-likeness (QED) is 0.903. The predicted molar refractivity (Wildman–Crippen MR) is 65.3 cm³/mol. The highest BCUT2D eigenvalue weighted by molar-refractivity contribution is 7.17. The Kier molecular flexibility index (Phi) is 4.21. The molecule has 1 aromatic heterocycles. The van der Waals surface area contributed by atoms with E-state index < -0.39 is 0 Å². The molecule has 16 heavy (non-hydrogen) atoms. The van der Waals surface area contributed by atoms with Crippen LogP contribution in [0.1, 0.15) is 28.9 Å². The summed E-state index contributed by atoms with van der Waals surface area (Å²) in [6, 6.07) is 3.48. The minimum Gasteiger partial charge on any atom is -0.378 e. The SMILES string of the molecule is O=C(NCCC1CCCO1)c1ccc(Cl)s1. The third kappa shape index (κ3) is 3.20. The van der Waals surface area contributed by atoms with Crippen LogP contribution in [0.4, 0.5) is 0 Å². The molecule has 0 aromatic carbocycles. The van der Waals surface area contributed by atoms with Crippen molar-refractivity contribution in [2.45, 2.75) is 25.4 Å². The highest BCUT2D eigenvalue weighted by atomic mass is 35.5. The highest BCUT2D eigenvalue weighted by Gasteiger charge is 2.15. The van der Waals surface area contributed by atoms with Crippen LogP contribution < -0.4 is 5.32 Å². The van der Waals surface area contributed by atoms with Gasteiger partial charge in [0.15, 0.2) is 0 Å². The van der Waals surface area contributed by atoms with Gasteiger partial charge in [0, 0.05) is 13.2 Å². The highest BCUT2D eigenvalue weighted by Crippen LogP contribution is 2.21. The van der Waals surface area contributed by atoms with E-state index in [-0.39, 0.29) is 5.91 Å². The molecule has 1 saturated heterocycles. The first kappa shape index (κ1) is 11.9. The molecule has 88 valence electrons. The summed E-state index contributed by atoms with van der Waals surface area (Å²) < 4.78 is 6.12. The van der Waals surface area contributed by atoms with Crippen LogP contribution in [0.5, 0.6) is 0 Å². The number of thiophene rings is 1. The number of nitrogens with one attached hydrogen (secondary N) is 1. The average Bonchev–Trinajstić information content (AvgIpc) is 2.89. The molecule has 1 aliphatic heterocycles. The lowest BCUT2D eigenvalue weighted by atomic mass is 10.2. The van der Waals surface area contributed by atoms with Gasteiger partial charge in [-0.15, -0.1) is 11.3 Å². The van der Waals surface area contributed by atoms with Crippen molar-refractivity contribution in [2.24, 2.45) is 0 Å². The molecule has 1 aromatic rings.